The molecule has 0 atom stereocenters. The van der Waals surface area contributed by atoms with Gasteiger partial charge in [0.1, 0.15) is 4.66 Å². The van der Waals surface area contributed by atoms with Gasteiger partial charge in [-0.15, -0.1) is 11.3 Å². The van der Waals surface area contributed by atoms with Crippen molar-refractivity contribution >= 4 is 37.3 Å². The van der Waals surface area contributed by atoms with Crippen LogP contribution in [0.5, 0.6) is 0 Å². The van der Waals surface area contributed by atoms with Crippen molar-refractivity contribution in [1.29, 1.82) is 0 Å². The number of rotatable bonds is 5. The summed E-state index contributed by atoms with van der Waals surface area (Å²) >= 11 is 4.45. The monoisotopic (exact) mass is 298 g/mol. The molecule has 0 aromatic carbocycles. The number of nitrogens with one attached hydrogen (secondary N) is 1. The Balaban J connectivity index is 2.36. The quantitative estimate of drug-likeness (QED) is 0.833. The first kappa shape index (κ1) is 12.1. The van der Waals surface area contributed by atoms with Crippen molar-refractivity contribution in [2.75, 3.05) is 11.2 Å². The molecule has 4 nitrogen and oxygen atoms in total. The second kappa shape index (κ2) is 5.20. The van der Waals surface area contributed by atoms with Gasteiger partial charge in [-0.3, -0.25) is 0 Å². The molecule has 7 heteroatoms. The molecule has 0 bridgehead atoms. The average molecular weight is 299 g/mol. The van der Waals surface area contributed by atoms with Crippen molar-refractivity contribution in [2.45, 2.75) is 13.3 Å². The Morgan fingerprint density at radius 3 is 2.86 bits per heavy atom. The summed E-state index contributed by atoms with van der Waals surface area (Å²) in [6.45, 7) is 2.32. The highest BCUT2D eigenvalue weighted by molar-refractivity contribution is 9.10. The van der Waals surface area contributed by atoms with Gasteiger partial charge in [-0.25, -0.2) is 18.1 Å². The van der Waals surface area contributed by atoms with Crippen molar-refractivity contribution in [3.63, 3.8) is 0 Å². The number of halogens is 1. The zero-order valence-electron chi connectivity index (χ0n) is 7.66. The Labute approximate surface area is 95.9 Å². The van der Waals surface area contributed by atoms with Gasteiger partial charge in [-0.2, -0.15) is 0 Å². The molecule has 1 heterocycles. The van der Waals surface area contributed by atoms with E-state index in [0.717, 1.165) is 10.7 Å². The van der Waals surface area contributed by atoms with Crippen LogP contribution in [-0.4, -0.2) is 24.6 Å². The van der Waals surface area contributed by atoms with Gasteiger partial charge >= 0.3 is 0 Å². The maximum Gasteiger partial charge on any atom is 0.221 e. The first-order valence-corrected chi connectivity index (χ1v) is 7.63. The molecule has 0 aliphatic rings. The fourth-order valence-electron chi connectivity index (χ4n) is 0.870. The number of aromatic nitrogens is 1. The van der Waals surface area contributed by atoms with Crippen molar-refractivity contribution in [3.8, 4) is 0 Å². The summed E-state index contributed by atoms with van der Waals surface area (Å²) in [5.41, 5.74) is 0.980. The molecule has 0 unspecified atom stereocenters. The lowest BCUT2D eigenvalue weighted by atomic mass is 10.4. The van der Waals surface area contributed by atoms with Gasteiger partial charge in [-0.05, 0) is 6.92 Å². The van der Waals surface area contributed by atoms with E-state index in [1.807, 2.05) is 12.3 Å². The molecule has 0 amide bonds. The van der Waals surface area contributed by atoms with Gasteiger partial charge in [0.15, 0.2) is 0 Å². The molecule has 0 radical (unpaired) electrons. The second-order valence-electron chi connectivity index (χ2n) is 2.75. The lowest BCUT2D eigenvalue weighted by Gasteiger charge is -2.00. The summed E-state index contributed by atoms with van der Waals surface area (Å²) in [7, 11) is -3.14. The fourth-order valence-corrected chi connectivity index (χ4v) is 2.62. The van der Waals surface area contributed by atoms with E-state index in [1.165, 1.54) is 0 Å². The second-order valence-corrected chi connectivity index (χ2v) is 6.80. The maximum absolute atomic E-state index is 11.0. The molecule has 0 saturated heterocycles. The summed E-state index contributed by atoms with van der Waals surface area (Å²) < 4.78 is 24.4. The Morgan fingerprint density at radius 1 is 1.64 bits per heavy atom. The number of nitrogens with zero attached hydrogens (tertiary/aromatic N) is 1. The zero-order chi connectivity index (χ0) is 10.6. The minimum atomic E-state index is -3.14. The molecule has 1 rings (SSSR count). The van der Waals surface area contributed by atoms with Crippen molar-refractivity contribution in [1.82, 2.24) is 9.71 Å². The van der Waals surface area contributed by atoms with E-state index in [4.69, 9.17) is 0 Å². The van der Waals surface area contributed by atoms with E-state index in [1.54, 1.807) is 11.3 Å². The first-order chi connectivity index (χ1) is 6.53. The lowest BCUT2D eigenvalue weighted by Crippen LogP contribution is -2.26. The number of hydrogen-bond donors (Lipinski definition) is 1. The van der Waals surface area contributed by atoms with Crippen LogP contribution in [0.1, 0.15) is 10.7 Å². The third kappa shape index (κ3) is 4.04. The Morgan fingerprint density at radius 2 is 2.36 bits per heavy atom. The molecule has 0 aliphatic carbocycles. The largest absolute Gasteiger partial charge is 0.247 e. The highest BCUT2D eigenvalue weighted by atomic mass is 79.9. The number of hydrogen-bond acceptors (Lipinski definition) is 4. The summed E-state index contributed by atoms with van der Waals surface area (Å²) in [4.78, 5) is 4.23. The van der Waals surface area contributed by atoms with E-state index in [-0.39, 0.29) is 4.66 Å². The summed E-state index contributed by atoms with van der Waals surface area (Å²) in [5, 5.41) is 2.91. The van der Waals surface area contributed by atoms with Crippen LogP contribution in [0.2, 0.25) is 0 Å². The molecule has 0 saturated carbocycles. The summed E-state index contributed by atoms with van der Waals surface area (Å²) in [6.07, 6.45) is 0.644. The van der Waals surface area contributed by atoms with E-state index in [0.29, 0.717) is 13.0 Å². The number of alkyl halides is 1. The molecule has 1 N–H and O–H groups in total. The maximum atomic E-state index is 11.0. The zero-order valence-corrected chi connectivity index (χ0v) is 10.9. The highest BCUT2D eigenvalue weighted by Gasteiger charge is 2.06. The Bertz CT molecular complexity index is 388. The molecular weight excluding hydrogens is 288 g/mol. The molecular formula is C7H11BrN2O2S2. The van der Waals surface area contributed by atoms with E-state index in [2.05, 4.69) is 25.6 Å². The van der Waals surface area contributed by atoms with Gasteiger partial charge in [-0.1, -0.05) is 15.9 Å². The average Bonchev–Trinajstić information content (AvgIpc) is 2.51. The highest BCUT2D eigenvalue weighted by Crippen LogP contribution is 2.08. The van der Waals surface area contributed by atoms with Gasteiger partial charge in [0, 0.05) is 24.0 Å². The molecule has 0 fully saturated rings. The molecule has 80 valence electrons. The van der Waals surface area contributed by atoms with Crippen LogP contribution in [-0.2, 0) is 16.4 Å². The molecule has 1 aromatic heterocycles. The molecule has 1 aromatic rings. The van der Waals surface area contributed by atoms with E-state index < -0.39 is 10.0 Å². The smallest absolute Gasteiger partial charge is 0.221 e. The predicted octanol–water partition coefficient (Wildman–Crippen LogP) is 1.27. The van der Waals surface area contributed by atoms with E-state index in [9.17, 15) is 8.42 Å². The molecule has 0 spiro atoms. The van der Waals surface area contributed by atoms with Gasteiger partial charge in [0.25, 0.3) is 0 Å². The minimum absolute atomic E-state index is 0.0586. The van der Waals surface area contributed by atoms with Crippen molar-refractivity contribution in [3.05, 3.63) is 16.1 Å². The number of aryl methyl sites for hydroxylation is 1. The van der Waals surface area contributed by atoms with Crippen LogP contribution >= 0.6 is 27.3 Å². The van der Waals surface area contributed by atoms with Crippen LogP contribution in [0.4, 0.5) is 0 Å². The third-order valence-electron chi connectivity index (χ3n) is 1.47. The van der Waals surface area contributed by atoms with Crippen molar-refractivity contribution < 1.29 is 8.42 Å². The predicted molar refractivity (Wildman–Crippen MR) is 61.3 cm³/mol. The molecule has 0 aliphatic heterocycles. The van der Waals surface area contributed by atoms with Crippen LogP contribution in [0.15, 0.2) is 5.38 Å². The summed E-state index contributed by atoms with van der Waals surface area (Å²) in [5.74, 6) is 0. The lowest BCUT2D eigenvalue weighted by molar-refractivity contribution is 0.587. The molecule has 14 heavy (non-hydrogen) atoms. The summed E-state index contributed by atoms with van der Waals surface area (Å²) in [6, 6.07) is 0. The first-order valence-electron chi connectivity index (χ1n) is 3.98. The normalized spacial score (nSPS) is 11.9. The van der Waals surface area contributed by atoms with Crippen LogP contribution in [0, 0.1) is 6.92 Å². The third-order valence-corrected chi connectivity index (χ3v) is 5.24. The van der Waals surface area contributed by atoms with Gasteiger partial charge in [0.2, 0.25) is 10.0 Å². The Kier molecular flexibility index (Phi) is 4.49. The SMILES string of the molecule is Cc1csc(CCNS(=O)(=O)CBr)n1. The topological polar surface area (TPSA) is 59.1 Å². The number of thiazole rings is 1. The van der Waals surface area contributed by atoms with Crippen LogP contribution in [0.25, 0.3) is 0 Å². The fraction of sp³-hybridized carbons (Fsp3) is 0.571. The van der Waals surface area contributed by atoms with Gasteiger partial charge < -0.3 is 0 Å². The standard InChI is InChI=1S/C7H11BrN2O2S2/c1-6-4-13-7(10-6)2-3-9-14(11,12)5-8/h4,9H,2-3,5H2,1H3. The van der Waals surface area contributed by atoms with Gasteiger partial charge in [0.05, 0.1) is 5.01 Å². The van der Waals surface area contributed by atoms with Crippen LogP contribution in [0.3, 0.4) is 0 Å². The van der Waals surface area contributed by atoms with Crippen LogP contribution < -0.4 is 4.72 Å². The number of sulfonamides is 1. The van der Waals surface area contributed by atoms with E-state index >= 15 is 0 Å². The van der Waals surface area contributed by atoms with Crippen molar-refractivity contribution in [2.24, 2.45) is 0 Å². The minimum Gasteiger partial charge on any atom is -0.247 e. The Hall–Kier alpha value is 0.0200.